The highest BCUT2D eigenvalue weighted by atomic mass is 32.1. The van der Waals surface area contributed by atoms with Crippen LogP contribution in [0.1, 0.15) is 35.3 Å². The van der Waals surface area contributed by atoms with E-state index in [1.807, 2.05) is 32.9 Å². The number of aliphatic hydroxyl groups excluding tert-OH is 1. The van der Waals surface area contributed by atoms with Crippen LogP contribution < -0.4 is 9.64 Å². The summed E-state index contributed by atoms with van der Waals surface area (Å²) < 4.78 is 6.39. The van der Waals surface area contributed by atoms with Crippen molar-refractivity contribution >= 4 is 44.1 Å². The molecule has 0 radical (unpaired) electrons. The van der Waals surface area contributed by atoms with E-state index in [4.69, 9.17) is 9.72 Å². The number of rotatable bonds is 5. The van der Waals surface area contributed by atoms with Gasteiger partial charge in [-0.2, -0.15) is 0 Å². The van der Waals surface area contributed by atoms with Gasteiger partial charge in [-0.25, -0.2) is 4.98 Å². The van der Waals surface area contributed by atoms with Gasteiger partial charge in [0.15, 0.2) is 5.13 Å². The number of carbonyl (C=O) groups excluding carboxylic acids is 2. The van der Waals surface area contributed by atoms with Gasteiger partial charge in [0.1, 0.15) is 17.6 Å². The summed E-state index contributed by atoms with van der Waals surface area (Å²) in [5, 5.41) is 11.6. The first-order valence-corrected chi connectivity index (χ1v) is 12.0. The number of fused-ring (bicyclic) bond motifs is 1. The fourth-order valence-electron chi connectivity index (χ4n) is 4.34. The fourth-order valence-corrected chi connectivity index (χ4v) is 5.51. The number of thiazole rings is 1. The molecule has 0 bridgehead atoms. The molecule has 1 fully saturated rings. The molecule has 2 aromatic carbocycles. The second-order valence-corrected chi connectivity index (χ2v) is 9.32. The molecule has 1 aliphatic heterocycles. The Morgan fingerprint density at radius 3 is 2.57 bits per heavy atom. The van der Waals surface area contributed by atoms with E-state index < -0.39 is 17.7 Å². The number of pyridine rings is 1. The smallest absolute Gasteiger partial charge is 0.301 e. The molecule has 1 atom stereocenters. The Hall–Kier alpha value is -4.04. The normalized spacial score (nSPS) is 17.3. The maximum absolute atomic E-state index is 13.4. The van der Waals surface area contributed by atoms with E-state index in [-0.39, 0.29) is 11.3 Å². The molecule has 1 amide bonds. The molecular formula is C27H23N3O4S. The summed E-state index contributed by atoms with van der Waals surface area (Å²) in [6, 6.07) is 15.1. The van der Waals surface area contributed by atoms with Crippen LogP contribution in [0.3, 0.4) is 0 Å². The lowest BCUT2D eigenvalue weighted by Gasteiger charge is -2.22. The van der Waals surface area contributed by atoms with Gasteiger partial charge < -0.3 is 9.84 Å². The molecule has 176 valence electrons. The number of aryl methyl sites for hydroxylation is 2. The van der Waals surface area contributed by atoms with Crippen molar-refractivity contribution < 1.29 is 19.4 Å². The zero-order chi connectivity index (χ0) is 24.7. The maximum Gasteiger partial charge on any atom is 0.301 e. The highest BCUT2D eigenvalue weighted by Crippen LogP contribution is 2.44. The van der Waals surface area contributed by atoms with Gasteiger partial charge in [0.2, 0.25) is 0 Å². The van der Waals surface area contributed by atoms with E-state index in [0.29, 0.717) is 28.7 Å². The summed E-state index contributed by atoms with van der Waals surface area (Å²) >= 11 is 1.34. The van der Waals surface area contributed by atoms with Crippen LogP contribution in [0.4, 0.5) is 5.13 Å². The predicted molar refractivity (Wildman–Crippen MR) is 136 cm³/mol. The van der Waals surface area contributed by atoms with Crippen LogP contribution in [0.15, 0.2) is 66.4 Å². The topological polar surface area (TPSA) is 92.6 Å². The first kappa shape index (κ1) is 22.7. The number of aromatic nitrogens is 2. The first-order chi connectivity index (χ1) is 16.9. The van der Waals surface area contributed by atoms with Gasteiger partial charge in [-0.15, -0.1) is 0 Å². The average Bonchev–Trinajstić information content (AvgIpc) is 3.38. The molecule has 0 spiro atoms. The minimum absolute atomic E-state index is 0.0231. The highest BCUT2D eigenvalue weighted by Gasteiger charge is 2.48. The zero-order valence-electron chi connectivity index (χ0n) is 19.5. The molecular weight excluding hydrogens is 462 g/mol. The van der Waals surface area contributed by atoms with Crippen LogP contribution in [-0.4, -0.2) is 33.4 Å². The largest absolute Gasteiger partial charge is 0.507 e. The predicted octanol–water partition coefficient (Wildman–Crippen LogP) is 5.33. The minimum atomic E-state index is -0.912. The average molecular weight is 486 g/mol. The van der Waals surface area contributed by atoms with Crippen molar-refractivity contribution in [2.24, 2.45) is 0 Å². The molecule has 0 saturated carbocycles. The Kier molecular flexibility index (Phi) is 5.82. The summed E-state index contributed by atoms with van der Waals surface area (Å²) in [5.41, 5.74) is 3.70. The van der Waals surface area contributed by atoms with Crippen molar-refractivity contribution in [2.75, 3.05) is 11.5 Å². The quantitative estimate of drug-likeness (QED) is 0.233. The number of hydrogen-bond acceptors (Lipinski definition) is 7. The van der Waals surface area contributed by atoms with E-state index in [9.17, 15) is 14.7 Å². The Labute approximate surface area is 206 Å². The molecule has 1 aliphatic rings. The van der Waals surface area contributed by atoms with Gasteiger partial charge in [0.05, 0.1) is 28.1 Å². The highest BCUT2D eigenvalue weighted by molar-refractivity contribution is 7.22. The number of carbonyl (C=O) groups is 2. The van der Waals surface area contributed by atoms with Crippen LogP contribution in [0, 0.1) is 13.8 Å². The minimum Gasteiger partial charge on any atom is -0.507 e. The van der Waals surface area contributed by atoms with E-state index >= 15 is 0 Å². The van der Waals surface area contributed by atoms with E-state index in [2.05, 4.69) is 4.98 Å². The van der Waals surface area contributed by atoms with Gasteiger partial charge in [-0.3, -0.25) is 19.5 Å². The lowest BCUT2D eigenvalue weighted by Crippen LogP contribution is -2.29. The molecule has 1 N–H and O–H groups in total. The number of aliphatic hydroxyl groups is 1. The first-order valence-electron chi connectivity index (χ1n) is 11.2. The lowest BCUT2D eigenvalue weighted by molar-refractivity contribution is -0.132. The molecule has 1 saturated heterocycles. The summed E-state index contributed by atoms with van der Waals surface area (Å²) in [6.45, 7) is 6.36. The molecule has 2 aromatic heterocycles. The van der Waals surface area contributed by atoms with Gasteiger partial charge >= 0.3 is 5.91 Å². The lowest BCUT2D eigenvalue weighted by atomic mass is 9.98. The van der Waals surface area contributed by atoms with Crippen molar-refractivity contribution in [1.29, 1.82) is 0 Å². The van der Waals surface area contributed by atoms with Gasteiger partial charge in [0.25, 0.3) is 5.78 Å². The molecule has 35 heavy (non-hydrogen) atoms. The number of benzene rings is 2. The standard InChI is InChI=1S/C27H23N3O4S/c1-4-34-18-10-8-17(9-11-18)24(31)21-23(19-7-5-6-12-28-19)30(26(33)25(21)32)27-29-22-16(3)13-15(2)14-20(22)35-27/h5-14,23,31H,4H2,1-3H3. The zero-order valence-corrected chi connectivity index (χ0v) is 20.3. The van der Waals surface area contributed by atoms with Crippen LogP contribution >= 0.6 is 11.3 Å². The number of hydrogen-bond donors (Lipinski definition) is 1. The summed E-state index contributed by atoms with van der Waals surface area (Å²) in [7, 11) is 0. The number of anilines is 1. The third-order valence-corrected chi connectivity index (χ3v) is 6.88. The summed E-state index contributed by atoms with van der Waals surface area (Å²) in [4.78, 5) is 37.2. The van der Waals surface area contributed by atoms with E-state index in [1.54, 1.807) is 48.7 Å². The number of amides is 1. The number of ketones is 1. The van der Waals surface area contributed by atoms with Crippen molar-refractivity contribution in [1.82, 2.24) is 9.97 Å². The summed E-state index contributed by atoms with van der Waals surface area (Å²) in [5.74, 6) is -1.15. The number of ether oxygens (including phenoxy) is 1. The van der Waals surface area contributed by atoms with Crippen molar-refractivity contribution in [3.8, 4) is 5.75 Å². The van der Waals surface area contributed by atoms with Crippen LogP contribution in [0.5, 0.6) is 5.75 Å². The van der Waals surface area contributed by atoms with Crippen LogP contribution in [0.2, 0.25) is 0 Å². The number of nitrogens with zero attached hydrogens (tertiary/aromatic N) is 3. The molecule has 5 rings (SSSR count). The third kappa shape index (κ3) is 3.95. The molecule has 1 unspecified atom stereocenters. The van der Waals surface area contributed by atoms with Gasteiger partial charge in [-0.1, -0.05) is 23.5 Å². The molecule has 8 heteroatoms. The van der Waals surface area contributed by atoms with Crippen LogP contribution in [0.25, 0.3) is 16.0 Å². The Balaban J connectivity index is 1.68. The van der Waals surface area contributed by atoms with Crippen molar-refractivity contribution in [2.45, 2.75) is 26.8 Å². The Morgan fingerprint density at radius 2 is 1.89 bits per heavy atom. The van der Waals surface area contributed by atoms with Crippen molar-refractivity contribution in [3.05, 3.63) is 88.8 Å². The summed E-state index contributed by atoms with van der Waals surface area (Å²) in [6.07, 6.45) is 1.60. The SMILES string of the molecule is CCOc1ccc(C(O)=C2C(=O)C(=O)N(c3nc4c(C)cc(C)cc4s3)C2c2ccccn2)cc1. The maximum atomic E-state index is 13.4. The van der Waals surface area contributed by atoms with Crippen molar-refractivity contribution in [3.63, 3.8) is 0 Å². The molecule has 7 nitrogen and oxygen atoms in total. The van der Waals surface area contributed by atoms with E-state index in [1.165, 1.54) is 16.2 Å². The Bertz CT molecular complexity index is 1480. The second-order valence-electron chi connectivity index (χ2n) is 8.31. The van der Waals surface area contributed by atoms with Gasteiger partial charge in [-0.05, 0) is 74.4 Å². The fraction of sp³-hybridized carbons (Fsp3) is 0.185. The third-order valence-electron chi connectivity index (χ3n) is 5.88. The molecule has 3 heterocycles. The van der Waals surface area contributed by atoms with Crippen LogP contribution in [-0.2, 0) is 9.59 Å². The second kappa shape index (κ2) is 8.96. The van der Waals surface area contributed by atoms with E-state index in [0.717, 1.165) is 21.3 Å². The Morgan fingerprint density at radius 1 is 1.11 bits per heavy atom. The van der Waals surface area contributed by atoms with Gasteiger partial charge in [0, 0.05) is 11.8 Å². The molecule has 4 aromatic rings. The number of Topliss-reactive ketones (excluding diaryl/α,β-unsaturated/α-hetero) is 1. The monoisotopic (exact) mass is 485 g/mol. The molecule has 0 aliphatic carbocycles.